The van der Waals surface area contributed by atoms with E-state index < -0.39 is 0 Å². The topological polar surface area (TPSA) is 61.4 Å². The molecule has 1 fully saturated rings. The molecule has 0 spiro atoms. The highest BCUT2D eigenvalue weighted by atomic mass is 35.5. The molecular weight excluding hydrogens is 414 g/mol. The number of benzene rings is 1. The number of nitrogens with zero attached hydrogens (tertiary/aromatic N) is 4. The summed E-state index contributed by atoms with van der Waals surface area (Å²) in [6, 6.07) is 7.62. The van der Waals surface area contributed by atoms with E-state index in [4.69, 9.17) is 11.6 Å². The number of rotatable bonds is 3. The molecule has 9 heteroatoms. The highest BCUT2D eigenvalue weighted by Gasteiger charge is 2.23. The second-order valence-electron chi connectivity index (χ2n) is 6.53. The van der Waals surface area contributed by atoms with Crippen molar-refractivity contribution in [1.29, 1.82) is 0 Å². The summed E-state index contributed by atoms with van der Waals surface area (Å²) in [5.41, 5.74) is 0.710. The van der Waals surface area contributed by atoms with Crippen molar-refractivity contribution in [3.63, 3.8) is 0 Å². The standard InChI is InChI=1S/C19H20ClN5OS2/c1-12-9-14-17(21-11-22-18(14)28-12)24-5-7-25(8-6-24)19(26)23-13-3-4-16(27-2)15(20)10-13/h3-4,9-11H,5-8H2,1-2H3,(H,23,26). The number of hydrogen-bond acceptors (Lipinski definition) is 6. The van der Waals surface area contributed by atoms with Crippen molar-refractivity contribution >= 4 is 62.5 Å². The second-order valence-corrected chi connectivity index (χ2v) is 9.02. The molecule has 0 atom stereocenters. The molecule has 1 N–H and O–H groups in total. The molecule has 1 aliphatic heterocycles. The fourth-order valence-electron chi connectivity index (χ4n) is 3.28. The van der Waals surface area contributed by atoms with E-state index in [1.54, 1.807) is 35.5 Å². The maximum Gasteiger partial charge on any atom is 0.321 e. The van der Waals surface area contributed by atoms with Gasteiger partial charge in [-0.3, -0.25) is 0 Å². The monoisotopic (exact) mass is 433 g/mol. The van der Waals surface area contributed by atoms with Gasteiger partial charge in [-0.25, -0.2) is 14.8 Å². The summed E-state index contributed by atoms with van der Waals surface area (Å²) in [5.74, 6) is 0.953. The third-order valence-electron chi connectivity index (χ3n) is 4.70. The fourth-order valence-corrected chi connectivity index (χ4v) is 5.00. The fraction of sp³-hybridized carbons (Fsp3) is 0.316. The van der Waals surface area contributed by atoms with Gasteiger partial charge in [0.05, 0.1) is 10.4 Å². The number of halogens is 1. The molecule has 0 unspecified atom stereocenters. The zero-order valence-corrected chi connectivity index (χ0v) is 18.0. The van der Waals surface area contributed by atoms with Gasteiger partial charge in [-0.1, -0.05) is 11.6 Å². The average Bonchev–Trinajstić information content (AvgIpc) is 3.08. The number of carbonyl (C=O) groups is 1. The van der Waals surface area contributed by atoms with Crippen molar-refractivity contribution < 1.29 is 4.79 Å². The molecule has 3 aromatic rings. The quantitative estimate of drug-likeness (QED) is 0.605. The lowest BCUT2D eigenvalue weighted by atomic mass is 10.2. The molecule has 0 aliphatic carbocycles. The van der Waals surface area contributed by atoms with E-state index in [-0.39, 0.29) is 6.03 Å². The Kier molecular flexibility index (Phi) is 5.61. The van der Waals surface area contributed by atoms with Crippen LogP contribution in [0.5, 0.6) is 0 Å². The van der Waals surface area contributed by atoms with Crippen LogP contribution in [0.1, 0.15) is 4.88 Å². The van der Waals surface area contributed by atoms with Crippen molar-refractivity contribution in [1.82, 2.24) is 14.9 Å². The summed E-state index contributed by atoms with van der Waals surface area (Å²) in [5, 5.41) is 4.68. The van der Waals surface area contributed by atoms with E-state index >= 15 is 0 Å². The number of piperazine rings is 1. The van der Waals surface area contributed by atoms with Crippen LogP contribution in [-0.2, 0) is 0 Å². The Morgan fingerprint density at radius 2 is 2.00 bits per heavy atom. The molecule has 3 heterocycles. The lowest BCUT2D eigenvalue weighted by Crippen LogP contribution is -2.50. The summed E-state index contributed by atoms with van der Waals surface area (Å²) in [7, 11) is 0. The molecule has 2 amide bonds. The van der Waals surface area contributed by atoms with Crippen LogP contribution in [0.15, 0.2) is 35.5 Å². The molecule has 1 aromatic carbocycles. The zero-order valence-electron chi connectivity index (χ0n) is 15.6. The predicted octanol–water partition coefficient (Wildman–Crippen LogP) is 4.73. The number of nitrogens with one attached hydrogen (secondary N) is 1. The lowest BCUT2D eigenvalue weighted by molar-refractivity contribution is 0.208. The van der Waals surface area contributed by atoms with E-state index in [1.165, 1.54) is 4.88 Å². The summed E-state index contributed by atoms with van der Waals surface area (Å²) in [6.45, 7) is 4.83. The molecule has 1 saturated heterocycles. The van der Waals surface area contributed by atoms with E-state index in [9.17, 15) is 4.79 Å². The number of anilines is 2. The molecule has 0 radical (unpaired) electrons. The van der Waals surface area contributed by atoms with Gasteiger partial charge in [0.25, 0.3) is 0 Å². The molecule has 2 aromatic heterocycles. The second kappa shape index (κ2) is 8.14. The van der Waals surface area contributed by atoms with Gasteiger partial charge in [-0.15, -0.1) is 23.1 Å². The molecular formula is C19H20ClN5OS2. The number of hydrogen-bond donors (Lipinski definition) is 1. The number of fused-ring (bicyclic) bond motifs is 1. The van der Waals surface area contributed by atoms with Crippen LogP contribution in [0.4, 0.5) is 16.3 Å². The smallest absolute Gasteiger partial charge is 0.321 e. The Hall–Kier alpha value is -2.03. The SMILES string of the molecule is CSc1ccc(NC(=O)N2CCN(c3ncnc4sc(C)cc34)CC2)cc1Cl. The predicted molar refractivity (Wildman–Crippen MR) is 118 cm³/mol. The molecule has 1 aliphatic rings. The first-order valence-electron chi connectivity index (χ1n) is 8.90. The maximum atomic E-state index is 12.6. The third kappa shape index (κ3) is 3.90. The lowest BCUT2D eigenvalue weighted by Gasteiger charge is -2.35. The number of carbonyl (C=O) groups excluding carboxylic acids is 1. The number of thioether (sulfide) groups is 1. The normalized spacial score (nSPS) is 14.5. The van der Waals surface area contributed by atoms with Crippen molar-refractivity contribution in [2.75, 3.05) is 42.7 Å². The Morgan fingerprint density at radius 1 is 1.21 bits per heavy atom. The van der Waals surface area contributed by atoms with Gasteiger partial charge in [0.2, 0.25) is 0 Å². The average molecular weight is 434 g/mol. The van der Waals surface area contributed by atoms with E-state index in [0.29, 0.717) is 23.8 Å². The number of thiophene rings is 1. The van der Waals surface area contributed by atoms with E-state index in [2.05, 4.69) is 33.2 Å². The van der Waals surface area contributed by atoms with Crippen LogP contribution in [0.25, 0.3) is 10.2 Å². The maximum absolute atomic E-state index is 12.6. The minimum Gasteiger partial charge on any atom is -0.352 e. The molecule has 6 nitrogen and oxygen atoms in total. The Morgan fingerprint density at radius 3 is 2.71 bits per heavy atom. The van der Waals surface area contributed by atoms with Gasteiger partial charge in [-0.05, 0) is 37.4 Å². The van der Waals surface area contributed by atoms with Crippen LogP contribution < -0.4 is 10.2 Å². The van der Waals surface area contributed by atoms with Crippen LogP contribution in [0, 0.1) is 6.92 Å². The Balaban J connectivity index is 1.41. The third-order valence-corrected chi connectivity index (χ3v) is 6.88. The van der Waals surface area contributed by atoms with Crippen LogP contribution in [-0.4, -0.2) is 53.3 Å². The van der Waals surface area contributed by atoms with Gasteiger partial charge in [0.1, 0.15) is 17.0 Å². The van der Waals surface area contributed by atoms with E-state index in [1.807, 2.05) is 23.3 Å². The number of amides is 2. The molecule has 4 rings (SSSR count). The molecule has 146 valence electrons. The summed E-state index contributed by atoms with van der Waals surface area (Å²) < 4.78 is 0. The van der Waals surface area contributed by atoms with Crippen molar-refractivity contribution in [3.05, 3.63) is 40.5 Å². The molecule has 0 bridgehead atoms. The first-order chi connectivity index (χ1) is 13.5. The molecule has 28 heavy (non-hydrogen) atoms. The van der Waals surface area contributed by atoms with Crippen LogP contribution >= 0.6 is 34.7 Å². The summed E-state index contributed by atoms with van der Waals surface area (Å²) in [6.07, 6.45) is 3.59. The summed E-state index contributed by atoms with van der Waals surface area (Å²) in [4.78, 5) is 28.7. The van der Waals surface area contributed by atoms with Crippen LogP contribution in [0.3, 0.4) is 0 Å². The highest BCUT2D eigenvalue weighted by Crippen LogP contribution is 2.30. The first kappa shape index (κ1) is 19.3. The highest BCUT2D eigenvalue weighted by molar-refractivity contribution is 7.98. The van der Waals surface area contributed by atoms with Gasteiger partial charge < -0.3 is 15.1 Å². The van der Waals surface area contributed by atoms with Crippen molar-refractivity contribution in [2.45, 2.75) is 11.8 Å². The largest absolute Gasteiger partial charge is 0.352 e. The zero-order chi connectivity index (χ0) is 19.7. The summed E-state index contributed by atoms with van der Waals surface area (Å²) >= 11 is 9.49. The van der Waals surface area contributed by atoms with Gasteiger partial charge in [0.15, 0.2) is 0 Å². The van der Waals surface area contributed by atoms with E-state index in [0.717, 1.165) is 34.0 Å². The Bertz CT molecular complexity index is 1020. The van der Waals surface area contributed by atoms with Crippen molar-refractivity contribution in [3.8, 4) is 0 Å². The molecule has 0 saturated carbocycles. The minimum absolute atomic E-state index is 0.105. The van der Waals surface area contributed by atoms with Gasteiger partial charge >= 0.3 is 6.03 Å². The number of aromatic nitrogens is 2. The van der Waals surface area contributed by atoms with Crippen molar-refractivity contribution in [2.24, 2.45) is 0 Å². The minimum atomic E-state index is -0.105. The van der Waals surface area contributed by atoms with Gasteiger partial charge in [0, 0.05) is 41.6 Å². The Labute approximate surface area is 176 Å². The number of aryl methyl sites for hydroxylation is 1. The first-order valence-corrected chi connectivity index (χ1v) is 11.3. The van der Waals surface area contributed by atoms with Crippen LogP contribution in [0.2, 0.25) is 5.02 Å². The number of urea groups is 1. The van der Waals surface area contributed by atoms with Gasteiger partial charge in [-0.2, -0.15) is 0 Å².